The number of amides is 1. The molecule has 0 saturated carbocycles. The van der Waals surface area contributed by atoms with E-state index in [4.69, 9.17) is 10.5 Å². The quantitative estimate of drug-likeness (QED) is 0.822. The van der Waals surface area contributed by atoms with E-state index in [9.17, 15) is 13.2 Å². The maximum Gasteiger partial charge on any atom is 0.424 e. The fourth-order valence-electron chi connectivity index (χ4n) is 2.73. The number of likely N-dealkylation sites (tertiary alicyclic amines) is 1. The van der Waals surface area contributed by atoms with Crippen LogP contribution in [0.15, 0.2) is 29.2 Å². The summed E-state index contributed by atoms with van der Waals surface area (Å²) in [6.07, 6.45) is 0.312. The highest BCUT2D eigenvalue weighted by Crippen LogP contribution is 2.27. The van der Waals surface area contributed by atoms with Gasteiger partial charge in [-0.2, -0.15) is 4.31 Å². The Morgan fingerprint density at radius 1 is 1.20 bits per heavy atom. The number of benzene rings is 1. The van der Waals surface area contributed by atoms with Gasteiger partial charge < -0.3 is 15.4 Å². The number of anilines is 1. The number of piperidine rings is 1. The van der Waals surface area contributed by atoms with Crippen molar-refractivity contribution in [2.75, 3.05) is 25.9 Å². The van der Waals surface area contributed by atoms with Crippen LogP contribution in [0.3, 0.4) is 0 Å². The number of nitrogens with two attached hydrogens (primary N) is 1. The first-order chi connectivity index (χ1) is 11.5. The molecule has 8 heteroatoms. The third kappa shape index (κ3) is 4.85. The molecule has 0 atom stereocenters. The van der Waals surface area contributed by atoms with Crippen LogP contribution in [-0.4, -0.2) is 55.5 Å². The highest BCUT2D eigenvalue weighted by Gasteiger charge is 2.39. The van der Waals surface area contributed by atoms with Gasteiger partial charge in [0.2, 0.25) is 0 Å². The maximum absolute atomic E-state index is 13.1. The third-order valence-corrected chi connectivity index (χ3v) is 5.86. The highest BCUT2D eigenvalue weighted by atomic mass is 32.2. The van der Waals surface area contributed by atoms with Crippen molar-refractivity contribution in [2.24, 2.45) is 0 Å². The number of nitrogen functional groups attached to an aromatic ring is 1. The van der Waals surface area contributed by atoms with Crippen molar-refractivity contribution < 1.29 is 17.9 Å². The topological polar surface area (TPSA) is 92.9 Å². The van der Waals surface area contributed by atoms with Gasteiger partial charge in [-0.3, -0.25) is 0 Å². The second-order valence-electron chi connectivity index (χ2n) is 7.38. The summed E-state index contributed by atoms with van der Waals surface area (Å²) in [6, 6.07) is 5.42. The Morgan fingerprint density at radius 3 is 2.20 bits per heavy atom. The van der Waals surface area contributed by atoms with Crippen molar-refractivity contribution in [1.29, 1.82) is 0 Å². The monoisotopic (exact) mass is 369 g/mol. The molecule has 1 heterocycles. The lowest BCUT2D eigenvalue weighted by Crippen LogP contribution is -2.50. The van der Waals surface area contributed by atoms with E-state index in [-0.39, 0.29) is 4.90 Å². The molecule has 1 fully saturated rings. The Morgan fingerprint density at radius 2 is 1.72 bits per heavy atom. The second-order valence-corrected chi connectivity index (χ2v) is 9.20. The minimum absolute atomic E-state index is 0.0338. The largest absolute Gasteiger partial charge is 0.443 e. The van der Waals surface area contributed by atoms with Gasteiger partial charge in [-0.25, -0.2) is 13.2 Å². The number of carbonyl (C=O) groups is 1. The lowest BCUT2D eigenvalue weighted by atomic mass is 10.1. The van der Waals surface area contributed by atoms with Crippen molar-refractivity contribution in [3.05, 3.63) is 24.3 Å². The van der Waals surface area contributed by atoms with Gasteiger partial charge in [-0.15, -0.1) is 0 Å². The van der Waals surface area contributed by atoms with Gasteiger partial charge in [0.25, 0.3) is 10.0 Å². The number of carbonyl (C=O) groups excluding carboxylic acids is 1. The van der Waals surface area contributed by atoms with Crippen LogP contribution < -0.4 is 5.73 Å². The SMILES string of the molecule is CN1CCC(N(C(=O)OC(C)(C)C)S(=O)(=O)c2ccc(N)cc2)CC1. The van der Waals surface area contributed by atoms with Crippen molar-refractivity contribution in [1.82, 2.24) is 9.21 Å². The van der Waals surface area contributed by atoms with Crippen LogP contribution in [0.2, 0.25) is 0 Å². The molecule has 0 spiro atoms. The molecule has 1 aromatic rings. The first kappa shape index (κ1) is 19.5. The molecule has 1 aliphatic heterocycles. The lowest BCUT2D eigenvalue weighted by Gasteiger charge is -2.37. The van der Waals surface area contributed by atoms with Gasteiger partial charge in [0.15, 0.2) is 0 Å². The standard InChI is InChI=1S/C17H27N3O4S/c1-17(2,3)24-16(21)20(14-9-11-19(4)12-10-14)25(22,23)15-7-5-13(18)6-8-15/h5-8,14H,9-12,18H2,1-4H3. The van der Waals surface area contributed by atoms with E-state index < -0.39 is 27.8 Å². The molecule has 2 N–H and O–H groups in total. The Labute approximate surface area is 149 Å². The van der Waals surface area contributed by atoms with Crippen LogP contribution in [0.4, 0.5) is 10.5 Å². The zero-order valence-corrected chi connectivity index (χ0v) is 16.0. The lowest BCUT2D eigenvalue weighted by molar-refractivity contribution is 0.0294. The van der Waals surface area contributed by atoms with Gasteiger partial charge in [-0.1, -0.05) is 0 Å². The van der Waals surface area contributed by atoms with Crippen LogP contribution in [0, 0.1) is 0 Å². The molecule has 1 saturated heterocycles. The summed E-state index contributed by atoms with van der Waals surface area (Å²) in [5.41, 5.74) is 5.32. The Kier molecular flexibility index (Phi) is 5.63. The average Bonchev–Trinajstić information content (AvgIpc) is 2.48. The number of hydrogen-bond donors (Lipinski definition) is 1. The number of ether oxygens (including phenoxy) is 1. The van der Waals surface area contributed by atoms with Gasteiger partial charge in [-0.05, 0) is 78.0 Å². The summed E-state index contributed by atoms with van der Waals surface area (Å²) in [6.45, 7) is 6.59. The van der Waals surface area contributed by atoms with Crippen molar-refractivity contribution in [3.63, 3.8) is 0 Å². The van der Waals surface area contributed by atoms with E-state index in [2.05, 4.69) is 4.90 Å². The molecule has 2 rings (SSSR count). The fourth-order valence-corrected chi connectivity index (χ4v) is 4.28. The predicted molar refractivity (Wildman–Crippen MR) is 96.6 cm³/mol. The molecule has 1 aromatic carbocycles. The Balaban J connectivity index is 2.39. The van der Waals surface area contributed by atoms with E-state index in [0.717, 1.165) is 17.4 Å². The molecule has 1 amide bonds. The summed E-state index contributed by atoms with van der Waals surface area (Å²) in [5, 5.41) is 0. The summed E-state index contributed by atoms with van der Waals surface area (Å²) in [5.74, 6) is 0. The van der Waals surface area contributed by atoms with Crippen LogP contribution in [0.25, 0.3) is 0 Å². The molecule has 25 heavy (non-hydrogen) atoms. The van der Waals surface area contributed by atoms with E-state index >= 15 is 0 Å². The second kappa shape index (κ2) is 7.21. The van der Waals surface area contributed by atoms with Crippen molar-refractivity contribution in [3.8, 4) is 0 Å². The van der Waals surface area contributed by atoms with Crippen molar-refractivity contribution in [2.45, 2.75) is 50.2 Å². The third-order valence-electron chi connectivity index (χ3n) is 4.03. The summed E-state index contributed by atoms with van der Waals surface area (Å²) >= 11 is 0. The van der Waals surface area contributed by atoms with Gasteiger partial charge in [0.05, 0.1) is 10.9 Å². The highest BCUT2D eigenvalue weighted by molar-refractivity contribution is 7.89. The number of nitrogens with zero attached hydrogens (tertiary/aromatic N) is 2. The maximum atomic E-state index is 13.1. The van der Waals surface area contributed by atoms with Gasteiger partial charge >= 0.3 is 6.09 Å². The van der Waals surface area contributed by atoms with E-state index in [0.29, 0.717) is 18.5 Å². The summed E-state index contributed by atoms with van der Waals surface area (Å²) in [7, 11) is -2.05. The molecule has 0 bridgehead atoms. The molecule has 1 aliphatic rings. The smallest absolute Gasteiger partial charge is 0.424 e. The molecule has 0 unspecified atom stereocenters. The predicted octanol–water partition coefficient (Wildman–Crippen LogP) is 2.29. The van der Waals surface area contributed by atoms with Gasteiger partial charge in [0.1, 0.15) is 5.60 Å². The van der Waals surface area contributed by atoms with Crippen LogP contribution in [-0.2, 0) is 14.8 Å². The first-order valence-electron chi connectivity index (χ1n) is 8.32. The number of hydrogen-bond acceptors (Lipinski definition) is 6. The summed E-state index contributed by atoms with van der Waals surface area (Å²) in [4.78, 5) is 14.9. The minimum atomic E-state index is -4.02. The molecule has 140 valence electrons. The van der Waals surface area contributed by atoms with Crippen LogP contribution in [0.1, 0.15) is 33.6 Å². The fraction of sp³-hybridized carbons (Fsp3) is 0.588. The van der Waals surface area contributed by atoms with E-state index in [1.165, 1.54) is 24.3 Å². The first-order valence-corrected chi connectivity index (χ1v) is 9.76. The zero-order chi connectivity index (χ0) is 18.8. The molecule has 0 radical (unpaired) electrons. The molecule has 7 nitrogen and oxygen atoms in total. The van der Waals surface area contributed by atoms with Crippen molar-refractivity contribution >= 4 is 21.8 Å². The van der Waals surface area contributed by atoms with Gasteiger partial charge in [0, 0.05) is 5.69 Å². The zero-order valence-electron chi connectivity index (χ0n) is 15.2. The molecule has 0 aromatic heterocycles. The van der Waals surface area contributed by atoms with Crippen LogP contribution >= 0.6 is 0 Å². The van der Waals surface area contributed by atoms with Crippen LogP contribution in [0.5, 0.6) is 0 Å². The molecular formula is C17H27N3O4S. The number of rotatable bonds is 3. The number of sulfonamides is 1. The normalized spacial score (nSPS) is 17.3. The van der Waals surface area contributed by atoms with E-state index in [1.54, 1.807) is 20.8 Å². The summed E-state index contributed by atoms with van der Waals surface area (Å²) < 4.78 is 32.5. The molecular weight excluding hydrogens is 342 g/mol. The Bertz CT molecular complexity index is 702. The van der Waals surface area contributed by atoms with E-state index in [1.807, 2.05) is 7.05 Å². The average molecular weight is 369 g/mol. The minimum Gasteiger partial charge on any atom is -0.443 e. The Hall–Kier alpha value is -1.80. The molecule has 0 aliphatic carbocycles.